The van der Waals surface area contributed by atoms with Gasteiger partial charge in [-0.3, -0.25) is 0 Å². The van der Waals surface area contributed by atoms with Gasteiger partial charge in [0, 0.05) is 18.1 Å². The van der Waals surface area contributed by atoms with Gasteiger partial charge < -0.3 is 15.7 Å². The van der Waals surface area contributed by atoms with Crippen molar-refractivity contribution in [2.24, 2.45) is 0 Å². The first-order chi connectivity index (χ1) is 10.5. The smallest absolute Gasteiger partial charge is 0.315 e. The Balaban J connectivity index is 1.76. The number of aliphatic hydroxyl groups is 1. The van der Waals surface area contributed by atoms with Crippen LogP contribution < -0.4 is 10.6 Å². The van der Waals surface area contributed by atoms with E-state index in [0.29, 0.717) is 17.1 Å². The van der Waals surface area contributed by atoms with Gasteiger partial charge in [0.25, 0.3) is 0 Å². The third-order valence-corrected chi connectivity index (χ3v) is 3.50. The molecule has 5 heteroatoms. The van der Waals surface area contributed by atoms with Crippen LogP contribution in [0.1, 0.15) is 22.8 Å². The van der Waals surface area contributed by atoms with Crippen LogP contribution in [0.25, 0.3) is 0 Å². The molecule has 0 aliphatic rings. The fourth-order valence-corrected chi connectivity index (χ4v) is 2.19. The quantitative estimate of drug-likeness (QED) is 0.793. The average Bonchev–Trinajstić information content (AvgIpc) is 2.51. The van der Waals surface area contributed by atoms with Crippen LogP contribution in [0.3, 0.4) is 0 Å². The summed E-state index contributed by atoms with van der Waals surface area (Å²) in [6.45, 7) is 2.60. The van der Waals surface area contributed by atoms with Crippen LogP contribution in [0.2, 0.25) is 5.02 Å². The lowest BCUT2D eigenvalue weighted by Crippen LogP contribution is -2.37. The lowest BCUT2D eigenvalue weighted by molar-refractivity contribution is 0.173. The predicted octanol–water partition coefficient (Wildman–Crippen LogP) is 3.18. The molecule has 4 nitrogen and oxygen atoms in total. The maximum atomic E-state index is 11.7. The number of carbonyl (C=O) groups is 1. The van der Waals surface area contributed by atoms with Gasteiger partial charge in [0.1, 0.15) is 0 Å². The van der Waals surface area contributed by atoms with Gasteiger partial charge in [-0.15, -0.1) is 0 Å². The summed E-state index contributed by atoms with van der Waals surface area (Å²) in [5, 5.41) is 16.0. The van der Waals surface area contributed by atoms with E-state index < -0.39 is 6.10 Å². The van der Waals surface area contributed by atoms with E-state index in [-0.39, 0.29) is 12.6 Å². The lowest BCUT2D eigenvalue weighted by atomic mass is 10.1. The number of urea groups is 1. The highest BCUT2D eigenvalue weighted by atomic mass is 35.5. The van der Waals surface area contributed by atoms with Crippen molar-refractivity contribution < 1.29 is 9.90 Å². The molecule has 116 valence electrons. The molecule has 1 unspecified atom stereocenters. The summed E-state index contributed by atoms with van der Waals surface area (Å²) in [6.07, 6.45) is -0.762. The highest BCUT2D eigenvalue weighted by Gasteiger charge is 2.09. The summed E-state index contributed by atoms with van der Waals surface area (Å²) < 4.78 is 0. The molecule has 0 saturated carbocycles. The highest BCUT2D eigenvalue weighted by molar-refractivity contribution is 6.30. The van der Waals surface area contributed by atoms with Crippen molar-refractivity contribution in [3.63, 3.8) is 0 Å². The Morgan fingerprint density at radius 2 is 1.91 bits per heavy atom. The highest BCUT2D eigenvalue weighted by Crippen LogP contribution is 2.15. The second kappa shape index (κ2) is 7.82. The Bertz CT molecular complexity index is 629. The van der Waals surface area contributed by atoms with Crippen molar-refractivity contribution in [3.8, 4) is 0 Å². The van der Waals surface area contributed by atoms with Gasteiger partial charge in [-0.05, 0) is 30.2 Å². The molecule has 3 N–H and O–H groups in total. The summed E-state index contributed by atoms with van der Waals surface area (Å²) in [7, 11) is 0. The molecule has 22 heavy (non-hydrogen) atoms. The van der Waals surface area contributed by atoms with Crippen molar-refractivity contribution in [1.29, 1.82) is 0 Å². The van der Waals surface area contributed by atoms with Crippen molar-refractivity contribution in [3.05, 3.63) is 70.2 Å². The maximum absolute atomic E-state index is 11.7. The monoisotopic (exact) mass is 318 g/mol. The van der Waals surface area contributed by atoms with E-state index in [9.17, 15) is 9.90 Å². The van der Waals surface area contributed by atoms with Crippen LogP contribution >= 0.6 is 11.6 Å². The zero-order valence-corrected chi connectivity index (χ0v) is 13.1. The molecular formula is C17H19ClN2O2. The van der Waals surface area contributed by atoms with Crippen LogP contribution in [-0.4, -0.2) is 17.7 Å². The molecule has 2 aromatic carbocycles. The van der Waals surface area contributed by atoms with E-state index in [1.807, 2.05) is 31.2 Å². The lowest BCUT2D eigenvalue weighted by Gasteiger charge is -2.13. The molecule has 0 spiro atoms. The van der Waals surface area contributed by atoms with Gasteiger partial charge >= 0.3 is 6.03 Å². The Labute approximate surface area is 135 Å². The summed E-state index contributed by atoms with van der Waals surface area (Å²) in [6, 6.07) is 14.5. The number of carbonyl (C=O) groups excluding carboxylic acids is 1. The molecule has 0 heterocycles. The van der Waals surface area contributed by atoms with Crippen molar-refractivity contribution in [2.45, 2.75) is 19.6 Å². The van der Waals surface area contributed by atoms with Crippen LogP contribution in [0.5, 0.6) is 0 Å². The van der Waals surface area contributed by atoms with Crippen LogP contribution in [-0.2, 0) is 6.54 Å². The standard InChI is InChI=1S/C17H19ClN2O2/c1-12-3-2-4-13(9-12)10-19-17(22)20-11-16(21)14-5-7-15(18)8-6-14/h2-9,16,21H,10-11H2,1H3,(H2,19,20,22). The minimum absolute atomic E-state index is 0.140. The fourth-order valence-electron chi connectivity index (χ4n) is 2.06. The number of hydrogen-bond donors (Lipinski definition) is 3. The van der Waals surface area contributed by atoms with E-state index in [2.05, 4.69) is 10.6 Å². The summed E-state index contributed by atoms with van der Waals surface area (Å²) in [4.78, 5) is 11.7. The maximum Gasteiger partial charge on any atom is 0.315 e. The summed E-state index contributed by atoms with van der Waals surface area (Å²) >= 11 is 5.79. The van der Waals surface area contributed by atoms with Crippen molar-refractivity contribution >= 4 is 17.6 Å². The fraction of sp³-hybridized carbons (Fsp3) is 0.235. The van der Waals surface area contributed by atoms with Crippen LogP contribution in [0, 0.1) is 6.92 Å². The van der Waals surface area contributed by atoms with Gasteiger partial charge in [-0.25, -0.2) is 4.79 Å². The molecule has 0 aliphatic carbocycles. The molecule has 2 rings (SSSR count). The van der Waals surface area contributed by atoms with Crippen LogP contribution in [0.4, 0.5) is 4.79 Å². The zero-order valence-electron chi connectivity index (χ0n) is 12.3. The topological polar surface area (TPSA) is 61.4 Å². The number of amides is 2. The Morgan fingerprint density at radius 1 is 1.18 bits per heavy atom. The number of aryl methyl sites for hydroxylation is 1. The number of hydrogen-bond acceptors (Lipinski definition) is 2. The molecular weight excluding hydrogens is 300 g/mol. The predicted molar refractivity (Wildman–Crippen MR) is 87.8 cm³/mol. The normalized spacial score (nSPS) is 11.8. The Hall–Kier alpha value is -2.04. The van der Waals surface area contributed by atoms with Crippen molar-refractivity contribution in [1.82, 2.24) is 10.6 Å². The summed E-state index contributed by atoms with van der Waals surface area (Å²) in [5.41, 5.74) is 2.90. The molecule has 0 fully saturated rings. The van der Waals surface area contributed by atoms with E-state index >= 15 is 0 Å². The molecule has 0 saturated heterocycles. The van der Waals surface area contributed by atoms with E-state index in [1.54, 1.807) is 24.3 Å². The first-order valence-electron chi connectivity index (χ1n) is 7.05. The number of rotatable bonds is 5. The second-order valence-electron chi connectivity index (χ2n) is 5.12. The molecule has 0 radical (unpaired) electrons. The first-order valence-corrected chi connectivity index (χ1v) is 7.43. The van der Waals surface area contributed by atoms with Gasteiger partial charge in [-0.2, -0.15) is 0 Å². The first kappa shape index (κ1) is 16.3. The largest absolute Gasteiger partial charge is 0.387 e. The van der Waals surface area contributed by atoms with Gasteiger partial charge in [0.05, 0.1) is 6.10 Å². The van der Waals surface area contributed by atoms with E-state index in [0.717, 1.165) is 11.1 Å². The Kier molecular flexibility index (Phi) is 5.81. The second-order valence-corrected chi connectivity index (χ2v) is 5.56. The number of halogens is 1. The molecule has 2 amide bonds. The molecule has 2 aromatic rings. The third kappa shape index (κ3) is 5.06. The van der Waals surface area contributed by atoms with E-state index in [1.165, 1.54) is 0 Å². The van der Waals surface area contributed by atoms with Gasteiger partial charge in [-0.1, -0.05) is 53.6 Å². The number of aliphatic hydroxyl groups excluding tert-OH is 1. The minimum atomic E-state index is -0.762. The van der Waals surface area contributed by atoms with Gasteiger partial charge in [0.2, 0.25) is 0 Å². The van der Waals surface area contributed by atoms with Crippen LogP contribution in [0.15, 0.2) is 48.5 Å². The summed E-state index contributed by atoms with van der Waals surface area (Å²) in [5.74, 6) is 0. The molecule has 0 aliphatic heterocycles. The van der Waals surface area contributed by atoms with Crippen molar-refractivity contribution in [2.75, 3.05) is 6.54 Å². The number of nitrogens with one attached hydrogen (secondary N) is 2. The zero-order chi connectivity index (χ0) is 15.9. The molecule has 0 aromatic heterocycles. The minimum Gasteiger partial charge on any atom is -0.387 e. The SMILES string of the molecule is Cc1cccc(CNC(=O)NCC(O)c2ccc(Cl)cc2)c1. The van der Waals surface area contributed by atoms with E-state index in [4.69, 9.17) is 11.6 Å². The Morgan fingerprint density at radius 3 is 2.59 bits per heavy atom. The molecule has 0 bridgehead atoms. The third-order valence-electron chi connectivity index (χ3n) is 3.25. The number of benzene rings is 2. The van der Waals surface area contributed by atoms with Gasteiger partial charge in [0.15, 0.2) is 0 Å². The molecule has 1 atom stereocenters. The average molecular weight is 319 g/mol.